The highest BCUT2D eigenvalue weighted by Crippen LogP contribution is 2.42. The quantitative estimate of drug-likeness (QED) is 0.356. The molecule has 2 aromatic rings. The van der Waals surface area contributed by atoms with Crippen molar-refractivity contribution in [3.8, 4) is 17.2 Å². The van der Waals surface area contributed by atoms with E-state index in [1.54, 1.807) is 6.07 Å². The molecule has 1 amide bonds. The third-order valence-corrected chi connectivity index (χ3v) is 5.49. The number of ether oxygens (including phenoxy) is 2. The molecule has 9 heteroatoms. The van der Waals surface area contributed by atoms with Gasteiger partial charge in [0.2, 0.25) is 0 Å². The second-order valence-electron chi connectivity index (χ2n) is 7.93. The van der Waals surface area contributed by atoms with Gasteiger partial charge in [0, 0.05) is 12.1 Å². The van der Waals surface area contributed by atoms with E-state index < -0.39 is 29.3 Å². The zero-order valence-corrected chi connectivity index (χ0v) is 19.0. The Labute approximate surface area is 191 Å². The minimum absolute atomic E-state index is 0.0180. The van der Waals surface area contributed by atoms with Gasteiger partial charge in [-0.25, -0.2) is 4.39 Å². The third-order valence-electron chi connectivity index (χ3n) is 5.49. The number of halogens is 1. The lowest BCUT2D eigenvalue weighted by Crippen LogP contribution is -2.32. The Kier molecular flexibility index (Phi) is 7.23. The lowest BCUT2D eigenvalue weighted by Gasteiger charge is -2.26. The molecule has 1 atom stereocenters. The maximum absolute atomic E-state index is 14.3. The number of phenolic OH excluding ortho intramolecular Hbond substituents is 1. The lowest BCUT2D eigenvalue weighted by molar-refractivity contribution is -0.139. The summed E-state index contributed by atoms with van der Waals surface area (Å²) in [6, 6.07) is 7.29. The number of phenols is 1. The van der Waals surface area contributed by atoms with Crippen molar-refractivity contribution in [3.05, 3.63) is 58.9 Å². The maximum Gasteiger partial charge on any atom is 0.295 e. The Morgan fingerprint density at radius 3 is 2.39 bits per heavy atom. The van der Waals surface area contributed by atoms with Crippen molar-refractivity contribution < 1.29 is 33.7 Å². The summed E-state index contributed by atoms with van der Waals surface area (Å²) in [5, 5.41) is 21.0. The van der Waals surface area contributed by atoms with Crippen LogP contribution in [0.5, 0.6) is 17.2 Å². The zero-order valence-electron chi connectivity index (χ0n) is 19.0. The summed E-state index contributed by atoms with van der Waals surface area (Å²) >= 11 is 0. The van der Waals surface area contributed by atoms with Gasteiger partial charge in [-0.05, 0) is 63.0 Å². The number of aromatic hydroxyl groups is 1. The number of amides is 1. The number of carbonyl (C=O) groups is 2. The smallest absolute Gasteiger partial charge is 0.295 e. The average molecular weight is 458 g/mol. The van der Waals surface area contributed by atoms with Crippen LogP contribution in [0.4, 0.5) is 4.39 Å². The lowest BCUT2D eigenvalue weighted by atomic mass is 9.95. The molecule has 2 N–H and O–H groups in total. The fourth-order valence-electron chi connectivity index (χ4n) is 3.85. The van der Waals surface area contributed by atoms with Crippen molar-refractivity contribution in [1.82, 2.24) is 9.80 Å². The van der Waals surface area contributed by atoms with Gasteiger partial charge in [0.15, 0.2) is 23.1 Å². The molecule has 8 nitrogen and oxygen atoms in total. The first kappa shape index (κ1) is 24.1. The molecular weight excluding hydrogens is 431 g/mol. The van der Waals surface area contributed by atoms with Crippen LogP contribution >= 0.6 is 0 Å². The first-order chi connectivity index (χ1) is 15.7. The van der Waals surface area contributed by atoms with E-state index in [9.17, 15) is 24.2 Å². The highest BCUT2D eigenvalue weighted by Gasteiger charge is 2.46. The van der Waals surface area contributed by atoms with Crippen LogP contribution in [0.3, 0.4) is 0 Å². The summed E-state index contributed by atoms with van der Waals surface area (Å²) in [5.41, 5.74) is 0.335. The first-order valence-corrected chi connectivity index (χ1v) is 10.3. The summed E-state index contributed by atoms with van der Waals surface area (Å²) in [6.45, 7) is 0.933. The van der Waals surface area contributed by atoms with Gasteiger partial charge in [-0.15, -0.1) is 0 Å². The molecule has 0 radical (unpaired) electrons. The topological polar surface area (TPSA) is 99.5 Å². The SMILES string of the molecule is COc1cc([C@H]2C(=C(O)c3ccc(OC)c(F)c3)C(=O)C(=O)N2CCCN(C)C)ccc1O. The van der Waals surface area contributed by atoms with Gasteiger partial charge in [-0.2, -0.15) is 0 Å². The number of benzene rings is 2. The highest BCUT2D eigenvalue weighted by molar-refractivity contribution is 6.46. The molecule has 1 aliphatic rings. The molecule has 1 aliphatic heterocycles. The third kappa shape index (κ3) is 4.78. The number of ketones is 1. The fourth-order valence-corrected chi connectivity index (χ4v) is 3.85. The summed E-state index contributed by atoms with van der Waals surface area (Å²) in [7, 11) is 6.49. The Morgan fingerprint density at radius 2 is 1.79 bits per heavy atom. The van der Waals surface area contributed by atoms with Crippen LogP contribution in [0, 0.1) is 5.82 Å². The van der Waals surface area contributed by atoms with E-state index in [1.165, 1.54) is 43.4 Å². The van der Waals surface area contributed by atoms with Gasteiger partial charge in [0.25, 0.3) is 11.7 Å². The average Bonchev–Trinajstić information content (AvgIpc) is 3.03. The largest absolute Gasteiger partial charge is 0.507 e. The van der Waals surface area contributed by atoms with E-state index in [0.717, 1.165) is 6.07 Å². The van der Waals surface area contributed by atoms with Crippen LogP contribution in [0.2, 0.25) is 0 Å². The van der Waals surface area contributed by atoms with Crippen LogP contribution in [0.1, 0.15) is 23.6 Å². The number of nitrogens with zero attached hydrogens (tertiary/aromatic N) is 2. The molecule has 3 rings (SSSR count). The zero-order chi connectivity index (χ0) is 24.3. The first-order valence-electron chi connectivity index (χ1n) is 10.3. The molecule has 0 bridgehead atoms. The Hall–Kier alpha value is -3.59. The van der Waals surface area contributed by atoms with Crippen LogP contribution in [-0.4, -0.2) is 73.1 Å². The van der Waals surface area contributed by atoms with E-state index in [0.29, 0.717) is 18.5 Å². The molecule has 1 fully saturated rings. The van der Waals surface area contributed by atoms with Crippen molar-refractivity contribution >= 4 is 17.4 Å². The number of aliphatic hydroxyl groups excluding tert-OH is 1. The van der Waals surface area contributed by atoms with Gasteiger partial charge in [-0.1, -0.05) is 6.07 Å². The minimum atomic E-state index is -0.938. The summed E-state index contributed by atoms with van der Waals surface area (Å²) < 4.78 is 24.4. The van der Waals surface area contributed by atoms with Gasteiger partial charge in [-0.3, -0.25) is 9.59 Å². The summed E-state index contributed by atoms with van der Waals surface area (Å²) in [5.74, 6) is -2.82. The van der Waals surface area contributed by atoms with Crippen LogP contribution < -0.4 is 9.47 Å². The number of methoxy groups -OCH3 is 2. The van der Waals surface area contributed by atoms with Crippen LogP contribution in [0.25, 0.3) is 5.76 Å². The second kappa shape index (κ2) is 9.91. The van der Waals surface area contributed by atoms with Gasteiger partial charge < -0.3 is 29.5 Å². The number of Topliss-reactive ketones (excluding diaryl/α,β-unsaturated/α-hetero) is 1. The number of hydrogen-bond donors (Lipinski definition) is 2. The van der Waals surface area contributed by atoms with E-state index in [4.69, 9.17) is 9.47 Å². The summed E-state index contributed by atoms with van der Waals surface area (Å²) in [4.78, 5) is 29.3. The molecular formula is C24H27FN2O6. The van der Waals surface area contributed by atoms with E-state index >= 15 is 0 Å². The minimum Gasteiger partial charge on any atom is -0.507 e. The maximum atomic E-state index is 14.3. The van der Waals surface area contributed by atoms with E-state index in [-0.39, 0.29) is 34.9 Å². The molecule has 0 spiro atoms. The monoisotopic (exact) mass is 458 g/mol. The Morgan fingerprint density at radius 1 is 1.09 bits per heavy atom. The number of aliphatic hydroxyl groups is 1. The molecule has 2 aromatic carbocycles. The van der Waals surface area contributed by atoms with Crippen molar-refractivity contribution in [2.24, 2.45) is 0 Å². The normalized spacial score (nSPS) is 17.6. The van der Waals surface area contributed by atoms with Gasteiger partial charge >= 0.3 is 0 Å². The van der Waals surface area contributed by atoms with Crippen molar-refractivity contribution in [2.75, 3.05) is 41.4 Å². The molecule has 0 aromatic heterocycles. The van der Waals surface area contributed by atoms with E-state index in [1.807, 2.05) is 19.0 Å². The second-order valence-corrected chi connectivity index (χ2v) is 7.93. The van der Waals surface area contributed by atoms with Crippen LogP contribution in [-0.2, 0) is 9.59 Å². The predicted octanol–water partition coefficient (Wildman–Crippen LogP) is 2.92. The van der Waals surface area contributed by atoms with E-state index in [2.05, 4.69) is 0 Å². The van der Waals surface area contributed by atoms with Crippen molar-refractivity contribution in [3.63, 3.8) is 0 Å². The predicted molar refractivity (Wildman–Crippen MR) is 120 cm³/mol. The van der Waals surface area contributed by atoms with Crippen molar-refractivity contribution in [1.29, 1.82) is 0 Å². The Bertz CT molecular complexity index is 1100. The highest BCUT2D eigenvalue weighted by atomic mass is 19.1. The number of hydrogen-bond acceptors (Lipinski definition) is 7. The van der Waals surface area contributed by atoms with Crippen LogP contribution in [0.15, 0.2) is 42.0 Å². The number of rotatable bonds is 8. The van der Waals surface area contributed by atoms with Gasteiger partial charge in [0.1, 0.15) is 5.76 Å². The molecule has 0 unspecified atom stereocenters. The molecule has 0 saturated carbocycles. The standard InChI is InChI=1S/C24H27FN2O6/c1-26(2)10-5-11-27-21(14-6-8-17(28)19(13-14)33-4)20(23(30)24(27)31)22(29)15-7-9-18(32-3)16(25)12-15/h6-9,12-13,21,28-29H,5,10-11H2,1-4H3/t21-/m0/s1. The number of carbonyl (C=O) groups excluding carboxylic acids is 2. The number of likely N-dealkylation sites (tertiary alicyclic amines) is 1. The molecule has 1 heterocycles. The fraction of sp³-hybridized carbons (Fsp3) is 0.333. The molecule has 33 heavy (non-hydrogen) atoms. The summed E-state index contributed by atoms with van der Waals surface area (Å²) in [6.07, 6.45) is 0.586. The molecule has 176 valence electrons. The van der Waals surface area contributed by atoms with Crippen molar-refractivity contribution in [2.45, 2.75) is 12.5 Å². The Balaban J connectivity index is 2.15. The molecule has 1 saturated heterocycles. The molecule has 0 aliphatic carbocycles. The van der Waals surface area contributed by atoms with Gasteiger partial charge in [0.05, 0.1) is 25.8 Å².